The second kappa shape index (κ2) is 14.3. The van der Waals surface area contributed by atoms with Crippen molar-refractivity contribution in [2.45, 2.75) is 33.1 Å². The van der Waals surface area contributed by atoms with Crippen LogP contribution in [0.5, 0.6) is 0 Å². The molecule has 0 aliphatic heterocycles. The fourth-order valence-corrected chi connectivity index (χ4v) is 1.03. The lowest BCUT2D eigenvalue weighted by atomic mass is 10.4. The summed E-state index contributed by atoms with van der Waals surface area (Å²) in [7, 11) is 1.60. The summed E-state index contributed by atoms with van der Waals surface area (Å²) in [6, 6.07) is 0. The van der Waals surface area contributed by atoms with Gasteiger partial charge in [-0.25, -0.2) is 0 Å². The molecule has 0 fully saturated rings. The zero-order chi connectivity index (χ0) is 14.2. The third-order valence-corrected chi connectivity index (χ3v) is 1.98. The monoisotopic (exact) mass is 268 g/mol. The quantitative estimate of drug-likeness (QED) is 0.324. The highest BCUT2D eigenvalue weighted by atomic mass is 16.5. The van der Waals surface area contributed by atoms with Crippen LogP contribution in [0.2, 0.25) is 0 Å². The molecule has 0 radical (unpaired) electrons. The summed E-state index contributed by atoms with van der Waals surface area (Å²) in [6.45, 7) is 5.33. The van der Waals surface area contributed by atoms with Gasteiger partial charge >= 0.3 is 0 Å². The van der Waals surface area contributed by atoms with Gasteiger partial charge in [0.15, 0.2) is 0 Å². The molecule has 0 spiro atoms. The van der Waals surface area contributed by atoms with Gasteiger partial charge < -0.3 is 18.9 Å². The Morgan fingerprint density at radius 2 is 2.00 bits per heavy atom. The predicted octanol–water partition coefficient (Wildman–Crippen LogP) is 3.87. The molecule has 4 nitrogen and oxygen atoms in total. The molecule has 0 aromatic heterocycles. The van der Waals surface area contributed by atoms with Crippen LogP contribution in [0.25, 0.3) is 0 Å². The molecule has 0 bridgehead atoms. The van der Waals surface area contributed by atoms with Crippen LogP contribution in [0.15, 0.2) is 42.6 Å². The molecular weight excluding hydrogens is 244 g/mol. The molecule has 0 unspecified atom stereocenters. The summed E-state index contributed by atoms with van der Waals surface area (Å²) in [6.07, 6.45) is 10.7. The van der Waals surface area contributed by atoms with E-state index in [-0.39, 0.29) is 0 Å². The van der Waals surface area contributed by atoms with Gasteiger partial charge in [-0.05, 0) is 25.2 Å². The summed E-state index contributed by atoms with van der Waals surface area (Å²) in [5.41, 5.74) is 2.80. The van der Waals surface area contributed by atoms with E-state index in [9.17, 15) is 0 Å². The highest BCUT2D eigenvalue weighted by molar-refractivity contribution is 4.97. The van der Waals surface area contributed by atoms with Crippen molar-refractivity contribution in [1.29, 1.82) is 0 Å². The number of rotatable bonds is 11. The Bertz CT molecular complexity index is 312. The van der Waals surface area contributed by atoms with E-state index in [1.807, 2.05) is 13.0 Å². The van der Waals surface area contributed by atoms with Crippen LogP contribution in [0.4, 0.5) is 0 Å². The van der Waals surface area contributed by atoms with Crippen molar-refractivity contribution < 1.29 is 18.9 Å². The third kappa shape index (κ3) is 12.4. The Kier molecular flexibility index (Phi) is 12.9. The molecule has 0 heterocycles. The van der Waals surface area contributed by atoms with E-state index in [0.29, 0.717) is 25.4 Å². The minimum absolute atomic E-state index is 0.586. The zero-order valence-corrected chi connectivity index (χ0v) is 12.1. The normalized spacial score (nSPS) is 10.8. The average molecular weight is 268 g/mol. The fourth-order valence-electron chi connectivity index (χ4n) is 1.03. The molecule has 0 amide bonds. The first kappa shape index (κ1) is 17.2. The molecule has 0 rings (SSSR count). The zero-order valence-electron chi connectivity index (χ0n) is 12.1. The number of hydrogen-bond acceptors (Lipinski definition) is 4. The lowest BCUT2D eigenvalue weighted by molar-refractivity contribution is 0.232. The SMILES string of the molecule is CCCCOC=C=COC(=COCC)CC=COC. The highest BCUT2D eigenvalue weighted by Crippen LogP contribution is 2.05. The van der Waals surface area contributed by atoms with Crippen molar-refractivity contribution >= 4 is 0 Å². The molecule has 0 aromatic rings. The Balaban J connectivity index is 4.09. The van der Waals surface area contributed by atoms with Gasteiger partial charge in [0.1, 0.15) is 24.5 Å². The number of methoxy groups -OCH3 is 1. The van der Waals surface area contributed by atoms with Crippen molar-refractivity contribution in [2.24, 2.45) is 0 Å². The van der Waals surface area contributed by atoms with E-state index in [2.05, 4.69) is 12.7 Å². The number of unbranched alkanes of at least 4 members (excludes halogenated alkanes) is 1. The minimum atomic E-state index is 0.586. The van der Waals surface area contributed by atoms with Gasteiger partial charge in [0.25, 0.3) is 0 Å². The Labute approximate surface area is 116 Å². The maximum atomic E-state index is 5.38. The minimum Gasteiger partial charge on any atom is -0.505 e. The van der Waals surface area contributed by atoms with Crippen LogP contribution < -0.4 is 0 Å². The largest absolute Gasteiger partial charge is 0.505 e. The van der Waals surface area contributed by atoms with Crippen molar-refractivity contribution in [1.82, 2.24) is 0 Å². The average Bonchev–Trinajstić information content (AvgIpc) is 2.43. The van der Waals surface area contributed by atoms with E-state index in [4.69, 9.17) is 18.9 Å². The van der Waals surface area contributed by atoms with E-state index in [0.717, 1.165) is 12.8 Å². The van der Waals surface area contributed by atoms with Crippen LogP contribution in [0, 0.1) is 0 Å². The summed E-state index contributed by atoms with van der Waals surface area (Å²) < 4.78 is 20.6. The Hall–Kier alpha value is -1.80. The van der Waals surface area contributed by atoms with E-state index in [1.54, 1.807) is 19.6 Å². The Morgan fingerprint density at radius 1 is 1.16 bits per heavy atom. The van der Waals surface area contributed by atoms with Crippen LogP contribution >= 0.6 is 0 Å². The van der Waals surface area contributed by atoms with Gasteiger partial charge in [-0.2, -0.15) is 0 Å². The summed E-state index contributed by atoms with van der Waals surface area (Å²) in [5, 5.41) is 0. The van der Waals surface area contributed by atoms with Crippen molar-refractivity contribution in [3.05, 3.63) is 42.6 Å². The first-order valence-electron chi connectivity index (χ1n) is 6.51. The molecule has 108 valence electrons. The van der Waals surface area contributed by atoms with Gasteiger partial charge in [-0.3, -0.25) is 0 Å². The maximum Gasteiger partial charge on any atom is 0.142 e. The standard InChI is InChI=1S/C15H24O4/c1-4-6-11-18-12-8-13-19-15(14-17-5-2)9-7-10-16-3/h7,10,12-14H,4-6,9,11H2,1-3H3. The van der Waals surface area contributed by atoms with Crippen LogP contribution in [0.1, 0.15) is 33.1 Å². The van der Waals surface area contributed by atoms with Gasteiger partial charge in [0.2, 0.25) is 0 Å². The molecule has 0 aromatic carbocycles. The number of hydrogen-bond donors (Lipinski definition) is 0. The molecule has 0 atom stereocenters. The van der Waals surface area contributed by atoms with Gasteiger partial charge in [0.05, 0.1) is 26.6 Å². The summed E-state index contributed by atoms with van der Waals surface area (Å²) >= 11 is 0. The van der Waals surface area contributed by atoms with Crippen molar-refractivity contribution in [2.75, 3.05) is 20.3 Å². The topological polar surface area (TPSA) is 36.9 Å². The second-order valence-electron chi connectivity index (χ2n) is 3.60. The van der Waals surface area contributed by atoms with Crippen LogP contribution in [-0.2, 0) is 18.9 Å². The molecule has 0 aliphatic rings. The molecule has 19 heavy (non-hydrogen) atoms. The lowest BCUT2D eigenvalue weighted by Gasteiger charge is -2.03. The van der Waals surface area contributed by atoms with E-state index in [1.165, 1.54) is 12.5 Å². The Morgan fingerprint density at radius 3 is 2.68 bits per heavy atom. The first-order valence-corrected chi connectivity index (χ1v) is 6.51. The fraction of sp³-hybridized carbons (Fsp3) is 0.533. The smallest absolute Gasteiger partial charge is 0.142 e. The molecular formula is C15H24O4. The maximum absolute atomic E-state index is 5.38. The second-order valence-corrected chi connectivity index (χ2v) is 3.60. The molecule has 0 saturated heterocycles. The van der Waals surface area contributed by atoms with Crippen molar-refractivity contribution in [3.63, 3.8) is 0 Å². The van der Waals surface area contributed by atoms with Gasteiger partial charge in [0, 0.05) is 6.42 Å². The van der Waals surface area contributed by atoms with E-state index >= 15 is 0 Å². The van der Waals surface area contributed by atoms with Gasteiger partial charge in [-0.15, -0.1) is 0 Å². The number of ether oxygens (including phenoxy) is 4. The van der Waals surface area contributed by atoms with Gasteiger partial charge in [-0.1, -0.05) is 13.3 Å². The molecule has 0 saturated carbocycles. The molecule has 0 aliphatic carbocycles. The lowest BCUT2D eigenvalue weighted by Crippen LogP contribution is -1.88. The highest BCUT2D eigenvalue weighted by Gasteiger charge is 1.94. The van der Waals surface area contributed by atoms with Crippen LogP contribution in [0.3, 0.4) is 0 Å². The third-order valence-electron chi connectivity index (χ3n) is 1.98. The molecule has 0 N–H and O–H groups in total. The van der Waals surface area contributed by atoms with E-state index < -0.39 is 0 Å². The predicted molar refractivity (Wildman–Crippen MR) is 75.1 cm³/mol. The summed E-state index contributed by atoms with van der Waals surface area (Å²) in [4.78, 5) is 0. The van der Waals surface area contributed by atoms with Crippen molar-refractivity contribution in [3.8, 4) is 0 Å². The summed E-state index contributed by atoms with van der Waals surface area (Å²) in [5.74, 6) is 0.671. The molecule has 4 heteroatoms. The number of allylic oxidation sites excluding steroid dienone is 1. The van der Waals surface area contributed by atoms with Crippen LogP contribution in [-0.4, -0.2) is 20.3 Å². The first-order chi connectivity index (χ1) is 9.35.